The number of carbonyl (C=O) groups excluding carboxylic acids is 2. The van der Waals surface area contributed by atoms with Gasteiger partial charge >= 0.3 is 6.03 Å². The molecule has 28 heavy (non-hydrogen) atoms. The summed E-state index contributed by atoms with van der Waals surface area (Å²) in [4.78, 5) is 29.2. The Kier molecular flexibility index (Phi) is 5.48. The monoisotopic (exact) mass is 381 g/mol. The van der Waals surface area contributed by atoms with Crippen LogP contribution in [0.25, 0.3) is 10.8 Å². The molecule has 2 aromatic carbocycles. The summed E-state index contributed by atoms with van der Waals surface area (Å²) in [6, 6.07) is 13.7. The third kappa shape index (κ3) is 3.83. The van der Waals surface area contributed by atoms with E-state index in [0.29, 0.717) is 26.2 Å². The molecule has 0 unspecified atom stereocenters. The van der Waals surface area contributed by atoms with E-state index in [1.165, 1.54) is 0 Å². The van der Waals surface area contributed by atoms with Gasteiger partial charge in [0.15, 0.2) is 0 Å². The highest BCUT2D eigenvalue weighted by atomic mass is 16.5. The van der Waals surface area contributed by atoms with Crippen molar-refractivity contribution < 1.29 is 14.3 Å². The summed E-state index contributed by atoms with van der Waals surface area (Å²) in [5, 5.41) is 5.09. The number of hydrogen-bond acceptors (Lipinski definition) is 3. The number of fused-ring (bicyclic) bond motifs is 1. The summed E-state index contributed by atoms with van der Waals surface area (Å²) >= 11 is 0. The number of nitrogens with zero attached hydrogens (tertiary/aromatic N) is 2. The van der Waals surface area contributed by atoms with E-state index in [1.807, 2.05) is 54.3 Å². The minimum Gasteiger partial charge on any atom is -0.376 e. The second kappa shape index (κ2) is 8.19. The zero-order chi connectivity index (χ0) is 19.5. The van der Waals surface area contributed by atoms with Crippen molar-refractivity contribution in [3.05, 3.63) is 48.0 Å². The number of rotatable bonds is 3. The molecule has 0 bridgehead atoms. The number of nitrogens with one attached hydrogen (secondary N) is 1. The molecule has 0 aliphatic carbocycles. The van der Waals surface area contributed by atoms with Crippen molar-refractivity contribution in [2.45, 2.75) is 31.9 Å². The van der Waals surface area contributed by atoms with Crippen LogP contribution in [-0.2, 0) is 4.74 Å². The lowest BCUT2D eigenvalue weighted by Crippen LogP contribution is -2.55. The first-order chi connectivity index (χ1) is 13.6. The largest absolute Gasteiger partial charge is 0.376 e. The van der Waals surface area contributed by atoms with Gasteiger partial charge in [0.1, 0.15) is 0 Å². The van der Waals surface area contributed by atoms with Gasteiger partial charge in [-0.15, -0.1) is 0 Å². The highest BCUT2D eigenvalue weighted by molar-refractivity contribution is 6.07. The molecule has 3 amide bonds. The maximum absolute atomic E-state index is 13.0. The van der Waals surface area contributed by atoms with Crippen molar-refractivity contribution in [1.82, 2.24) is 15.1 Å². The van der Waals surface area contributed by atoms with Gasteiger partial charge in [-0.1, -0.05) is 36.4 Å². The number of piperazine rings is 1. The number of urea groups is 1. The summed E-state index contributed by atoms with van der Waals surface area (Å²) in [7, 11) is 0. The molecule has 2 saturated heterocycles. The Hall–Kier alpha value is -2.60. The fraction of sp³-hybridized carbons (Fsp3) is 0.455. The van der Waals surface area contributed by atoms with Crippen molar-refractivity contribution in [3.63, 3.8) is 0 Å². The predicted molar refractivity (Wildman–Crippen MR) is 108 cm³/mol. The minimum atomic E-state index is -0.0692. The molecule has 0 saturated carbocycles. The van der Waals surface area contributed by atoms with Crippen LogP contribution in [-0.4, -0.2) is 66.7 Å². The molecule has 6 nitrogen and oxygen atoms in total. The number of carbonyl (C=O) groups is 2. The molecule has 2 aromatic rings. The van der Waals surface area contributed by atoms with Gasteiger partial charge in [0.05, 0.1) is 12.1 Å². The van der Waals surface area contributed by atoms with Crippen LogP contribution in [0.3, 0.4) is 0 Å². The SMILES string of the molecule is C[C@H](NC(=O)N1CCN(C(=O)c2cccc3ccccc23)CC1)[C@H]1CCCO1. The Morgan fingerprint density at radius 2 is 1.75 bits per heavy atom. The van der Waals surface area contributed by atoms with Crippen LogP contribution < -0.4 is 5.32 Å². The van der Waals surface area contributed by atoms with Crippen molar-refractivity contribution in [2.24, 2.45) is 0 Å². The summed E-state index contributed by atoms with van der Waals surface area (Å²) < 4.78 is 5.65. The molecule has 2 heterocycles. The molecule has 1 N–H and O–H groups in total. The van der Waals surface area contributed by atoms with Gasteiger partial charge in [0, 0.05) is 38.3 Å². The molecule has 148 valence electrons. The second-order valence-electron chi connectivity index (χ2n) is 7.60. The standard InChI is InChI=1S/C22H27N3O3/c1-16(20-10-5-15-28-20)23-22(27)25-13-11-24(12-14-25)21(26)19-9-4-7-17-6-2-3-8-18(17)19/h2-4,6-9,16,20H,5,10-15H2,1H3,(H,23,27)/t16-,20+/m0/s1. The fourth-order valence-electron chi connectivity index (χ4n) is 4.07. The molecule has 2 aliphatic heterocycles. The van der Waals surface area contributed by atoms with Crippen LogP contribution in [0.2, 0.25) is 0 Å². The number of benzene rings is 2. The van der Waals surface area contributed by atoms with Crippen molar-refractivity contribution >= 4 is 22.7 Å². The van der Waals surface area contributed by atoms with Crippen LogP contribution in [0.1, 0.15) is 30.1 Å². The number of amides is 3. The smallest absolute Gasteiger partial charge is 0.317 e. The van der Waals surface area contributed by atoms with Crippen LogP contribution in [0, 0.1) is 0 Å². The summed E-state index contributed by atoms with van der Waals surface area (Å²) in [5.41, 5.74) is 0.725. The first-order valence-electron chi connectivity index (χ1n) is 10.1. The zero-order valence-corrected chi connectivity index (χ0v) is 16.3. The Morgan fingerprint density at radius 1 is 1.04 bits per heavy atom. The molecule has 6 heteroatoms. The highest BCUT2D eigenvalue weighted by Crippen LogP contribution is 2.21. The summed E-state index contributed by atoms with van der Waals surface area (Å²) in [5.74, 6) is 0.0320. The van der Waals surface area contributed by atoms with Crippen LogP contribution in [0.5, 0.6) is 0 Å². The van der Waals surface area contributed by atoms with E-state index in [0.717, 1.165) is 35.8 Å². The van der Waals surface area contributed by atoms with Crippen molar-refractivity contribution in [2.75, 3.05) is 32.8 Å². The normalized spacial score (nSPS) is 21.0. The van der Waals surface area contributed by atoms with E-state index in [4.69, 9.17) is 4.74 Å². The van der Waals surface area contributed by atoms with Crippen molar-refractivity contribution in [1.29, 1.82) is 0 Å². The second-order valence-corrected chi connectivity index (χ2v) is 7.60. The molecule has 2 aliphatic rings. The van der Waals surface area contributed by atoms with Gasteiger partial charge in [0.2, 0.25) is 0 Å². The van der Waals surface area contributed by atoms with E-state index < -0.39 is 0 Å². The molecule has 4 rings (SSSR count). The van der Waals surface area contributed by atoms with E-state index in [-0.39, 0.29) is 24.1 Å². The zero-order valence-electron chi connectivity index (χ0n) is 16.3. The molecule has 0 radical (unpaired) electrons. The summed E-state index contributed by atoms with van der Waals surface area (Å²) in [6.45, 7) is 4.95. The third-order valence-corrected chi connectivity index (χ3v) is 5.75. The van der Waals surface area contributed by atoms with E-state index in [2.05, 4.69) is 5.32 Å². The quantitative estimate of drug-likeness (QED) is 0.889. The third-order valence-electron chi connectivity index (χ3n) is 5.75. The van der Waals surface area contributed by atoms with E-state index in [9.17, 15) is 9.59 Å². The van der Waals surface area contributed by atoms with Crippen LogP contribution >= 0.6 is 0 Å². The Balaban J connectivity index is 1.35. The molecule has 2 atom stereocenters. The van der Waals surface area contributed by atoms with Crippen LogP contribution in [0.4, 0.5) is 4.79 Å². The van der Waals surface area contributed by atoms with E-state index >= 15 is 0 Å². The van der Waals surface area contributed by atoms with Gasteiger partial charge in [-0.2, -0.15) is 0 Å². The molecule has 2 fully saturated rings. The van der Waals surface area contributed by atoms with Gasteiger partial charge in [-0.05, 0) is 36.6 Å². The average Bonchev–Trinajstić information content (AvgIpc) is 3.28. The lowest BCUT2D eigenvalue weighted by Gasteiger charge is -2.36. The van der Waals surface area contributed by atoms with Crippen molar-refractivity contribution in [3.8, 4) is 0 Å². The lowest BCUT2D eigenvalue weighted by molar-refractivity contribution is 0.0644. The predicted octanol–water partition coefficient (Wildman–Crippen LogP) is 2.87. The van der Waals surface area contributed by atoms with Gasteiger partial charge < -0.3 is 19.9 Å². The van der Waals surface area contributed by atoms with E-state index in [1.54, 1.807) is 4.90 Å². The number of ether oxygens (including phenoxy) is 1. The lowest BCUT2D eigenvalue weighted by atomic mass is 10.0. The topological polar surface area (TPSA) is 61.9 Å². The van der Waals surface area contributed by atoms with Gasteiger partial charge in [0.25, 0.3) is 5.91 Å². The molecular weight excluding hydrogens is 354 g/mol. The number of hydrogen-bond donors (Lipinski definition) is 1. The highest BCUT2D eigenvalue weighted by Gasteiger charge is 2.28. The molecular formula is C22H27N3O3. The molecule has 0 spiro atoms. The maximum Gasteiger partial charge on any atom is 0.317 e. The van der Waals surface area contributed by atoms with Gasteiger partial charge in [-0.25, -0.2) is 4.79 Å². The average molecular weight is 381 g/mol. The summed E-state index contributed by atoms with van der Waals surface area (Å²) in [6.07, 6.45) is 2.16. The Labute approximate surface area is 165 Å². The van der Waals surface area contributed by atoms with Crippen LogP contribution in [0.15, 0.2) is 42.5 Å². The maximum atomic E-state index is 13.0. The first kappa shape index (κ1) is 18.7. The molecule has 0 aromatic heterocycles. The fourth-order valence-corrected chi connectivity index (χ4v) is 4.07. The Bertz CT molecular complexity index is 850. The van der Waals surface area contributed by atoms with Gasteiger partial charge in [-0.3, -0.25) is 4.79 Å². The minimum absolute atomic E-state index is 0.00495. The Morgan fingerprint density at radius 3 is 2.50 bits per heavy atom. The first-order valence-corrected chi connectivity index (χ1v) is 10.1.